The van der Waals surface area contributed by atoms with Crippen LogP contribution in [0.4, 0.5) is 4.79 Å². The van der Waals surface area contributed by atoms with E-state index in [1.165, 1.54) is 7.11 Å². The van der Waals surface area contributed by atoms with Crippen molar-refractivity contribution in [2.45, 2.75) is 39.2 Å². The lowest BCUT2D eigenvalue weighted by Gasteiger charge is -2.32. The molecule has 1 heterocycles. The van der Waals surface area contributed by atoms with Gasteiger partial charge in [0.15, 0.2) is 5.96 Å². The van der Waals surface area contributed by atoms with Crippen molar-refractivity contribution in [2.75, 3.05) is 39.9 Å². The first-order valence-corrected chi connectivity index (χ1v) is 9.70. The van der Waals surface area contributed by atoms with Crippen molar-refractivity contribution in [3.05, 3.63) is 29.8 Å². The predicted molar refractivity (Wildman–Crippen MR) is 123 cm³/mol. The van der Waals surface area contributed by atoms with Crippen molar-refractivity contribution in [1.29, 1.82) is 0 Å². The van der Waals surface area contributed by atoms with Gasteiger partial charge in [0.05, 0.1) is 13.7 Å². The van der Waals surface area contributed by atoms with Gasteiger partial charge in [-0.15, -0.1) is 24.0 Å². The number of halogens is 1. The van der Waals surface area contributed by atoms with Gasteiger partial charge >= 0.3 is 6.09 Å². The molecule has 0 saturated carbocycles. The molecule has 0 radical (unpaired) electrons. The van der Waals surface area contributed by atoms with Gasteiger partial charge in [-0.25, -0.2) is 4.79 Å². The Morgan fingerprint density at radius 1 is 1.29 bits per heavy atom. The zero-order chi connectivity index (χ0) is 19.5. The van der Waals surface area contributed by atoms with Crippen LogP contribution in [0.3, 0.4) is 0 Å². The first-order valence-electron chi connectivity index (χ1n) is 9.70. The third-order valence-corrected chi connectivity index (χ3v) is 4.54. The largest absolute Gasteiger partial charge is 0.493 e. The summed E-state index contributed by atoms with van der Waals surface area (Å²) in [6.45, 7) is 7.66. The summed E-state index contributed by atoms with van der Waals surface area (Å²) in [6.07, 6.45) is 2.38. The highest BCUT2D eigenvalue weighted by atomic mass is 127. The molecule has 2 N–H and O–H groups in total. The van der Waals surface area contributed by atoms with E-state index in [4.69, 9.17) is 9.47 Å². The Kier molecular flexibility index (Phi) is 11.7. The van der Waals surface area contributed by atoms with Crippen LogP contribution < -0.4 is 15.4 Å². The van der Waals surface area contributed by atoms with Gasteiger partial charge in [-0.3, -0.25) is 4.99 Å². The lowest BCUT2D eigenvalue weighted by molar-refractivity contribution is 0.111. The number of methoxy groups -OCH3 is 1. The molecule has 28 heavy (non-hydrogen) atoms. The molecular formula is C20H33IN4O3. The smallest absolute Gasteiger partial charge is 0.409 e. The predicted octanol–water partition coefficient (Wildman–Crippen LogP) is 3.17. The number of carbonyl (C=O) groups is 1. The summed E-state index contributed by atoms with van der Waals surface area (Å²) in [6, 6.07) is 8.35. The average Bonchev–Trinajstić information content (AvgIpc) is 2.69. The van der Waals surface area contributed by atoms with E-state index < -0.39 is 0 Å². The zero-order valence-corrected chi connectivity index (χ0v) is 19.4. The van der Waals surface area contributed by atoms with Crippen molar-refractivity contribution in [2.24, 2.45) is 4.99 Å². The third kappa shape index (κ3) is 8.12. The molecule has 1 aromatic rings. The number of hydrogen-bond donors (Lipinski definition) is 2. The quantitative estimate of drug-likeness (QED) is 0.258. The Morgan fingerprint density at radius 3 is 2.64 bits per heavy atom. The maximum absolute atomic E-state index is 11.6. The highest BCUT2D eigenvalue weighted by Crippen LogP contribution is 2.16. The zero-order valence-electron chi connectivity index (χ0n) is 17.1. The summed E-state index contributed by atoms with van der Waals surface area (Å²) in [5.74, 6) is 1.76. The number of carbonyl (C=O) groups excluding carboxylic acids is 1. The molecule has 2 rings (SSSR count). The molecule has 1 saturated heterocycles. The number of likely N-dealkylation sites (tertiary alicyclic amines) is 1. The monoisotopic (exact) mass is 504 g/mol. The molecule has 0 aliphatic carbocycles. The van der Waals surface area contributed by atoms with E-state index in [9.17, 15) is 4.79 Å². The van der Waals surface area contributed by atoms with Crippen LogP contribution in [0.15, 0.2) is 29.3 Å². The van der Waals surface area contributed by atoms with E-state index in [0.717, 1.165) is 43.1 Å². The second-order valence-electron chi connectivity index (χ2n) is 6.60. The number of benzene rings is 1. The lowest BCUT2D eigenvalue weighted by Crippen LogP contribution is -2.49. The summed E-state index contributed by atoms with van der Waals surface area (Å²) >= 11 is 0. The van der Waals surface area contributed by atoms with E-state index in [2.05, 4.69) is 22.5 Å². The van der Waals surface area contributed by atoms with E-state index in [1.54, 1.807) is 4.90 Å². The summed E-state index contributed by atoms with van der Waals surface area (Å²) < 4.78 is 10.6. The van der Waals surface area contributed by atoms with Crippen LogP contribution >= 0.6 is 24.0 Å². The fourth-order valence-corrected chi connectivity index (χ4v) is 3.00. The number of para-hydroxylation sites is 1. The van der Waals surface area contributed by atoms with Gasteiger partial charge in [0.2, 0.25) is 0 Å². The number of guanidine groups is 1. The number of amides is 1. The van der Waals surface area contributed by atoms with E-state index in [0.29, 0.717) is 32.3 Å². The average molecular weight is 504 g/mol. The molecule has 1 aliphatic heterocycles. The minimum Gasteiger partial charge on any atom is -0.493 e. The van der Waals surface area contributed by atoms with Gasteiger partial charge in [-0.1, -0.05) is 18.2 Å². The maximum atomic E-state index is 11.6. The minimum absolute atomic E-state index is 0. The fraction of sp³-hybridized carbons (Fsp3) is 0.600. The van der Waals surface area contributed by atoms with E-state index >= 15 is 0 Å². The Bertz CT molecular complexity index is 619. The second kappa shape index (κ2) is 13.5. The molecule has 1 amide bonds. The van der Waals surface area contributed by atoms with Crippen LogP contribution in [0.1, 0.15) is 31.7 Å². The number of ether oxygens (including phenoxy) is 2. The van der Waals surface area contributed by atoms with Crippen LogP contribution in [-0.2, 0) is 4.74 Å². The third-order valence-electron chi connectivity index (χ3n) is 4.54. The molecule has 8 heteroatoms. The Morgan fingerprint density at radius 2 is 2.00 bits per heavy atom. The van der Waals surface area contributed by atoms with Crippen LogP contribution in [0, 0.1) is 6.92 Å². The first-order chi connectivity index (χ1) is 13.1. The van der Waals surface area contributed by atoms with Gasteiger partial charge in [-0.05, 0) is 38.3 Å². The first kappa shape index (κ1) is 24.3. The molecule has 0 aromatic heterocycles. The number of piperidine rings is 1. The molecular weight excluding hydrogens is 471 g/mol. The summed E-state index contributed by atoms with van der Waals surface area (Å²) in [5, 5.41) is 6.76. The Balaban J connectivity index is 0.00000392. The molecule has 1 fully saturated rings. The Labute approximate surface area is 185 Å². The van der Waals surface area contributed by atoms with Gasteiger partial charge in [0.1, 0.15) is 5.75 Å². The standard InChI is InChI=1S/C20H32N4O3.HI/c1-4-21-19(23-17-10-13-24(14-11-17)20(25)26-3)22-12-7-15-27-18-9-6-5-8-16(18)2;/h5-6,8-9,17H,4,7,10-15H2,1-3H3,(H2,21,22,23);1H. The molecule has 1 aliphatic rings. The lowest BCUT2D eigenvalue weighted by atomic mass is 10.1. The fourth-order valence-electron chi connectivity index (χ4n) is 3.00. The summed E-state index contributed by atoms with van der Waals surface area (Å²) in [7, 11) is 1.42. The van der Waals surface area contributed by atoms with E-state index in [1.807, 2.05) is 31.2 Å². The molecule has 1 aromatic carbocycles. The van der Waals surface area contributed by atoms with E-state index in [-0.39, 0.29) is 30.1 Å². The van der Waals surface area contributed by atoms with Crippen molar-refractivity contribution in [3.8, 4) is 5.75 Å². The highest BCUT2D eigenvalue weighted by molar-refractivity contribution is 14.0. The van der Waals surface area contributed by atoms with Crippen LogP contribution in [-0.4, -0.2) is 62.9 Å². The summed E-state index contributed by atoms with van der Waals surface area (Å²) in [5.41, 5.74) is 1.15. The maximum Gasteiger partial charge on any atom is 0.409 e. The normalized spacial score (nSPS) is 14.8. The molecule has 0 unspecified atom stereocenters. The molecule has 0 atom stereocenters. The number of aryl methyl sites for hydroxylation is 1. The molecule has 0 spiro atoms. The number of aliphatic imine (C=N–C) groups is 1. The van der Waals surface area contributed by atoms with Gasteiger partial charge in [-0.2, -0.15) is 0 Å². The number of nitrogens with zero attached hydrogens (tertiary/aromatic N) is 2. The topological polar surface area (TPSA) is 75.2 Å². The van der Waals surface area contributed by atoms with Crippen LogP contribution in [0.2, 0.25) is 0 Å². The highest BCUT2D eigenvalue weighted by Gasteiger charge is 2.23. The SMILES string of the molecule is CCNC(=NCCCOc1ccccc1C)NC1CCN(C(=O)OC)CC1.I. The van der Waals surface area contributed by atoms with Crippen LogP contribution in [0.5, 0.6) is 5.75 Å². The molecule has 0 bridgehead atoms. The number of nitrogens with one attached hydrogen (secondary N) is 2. The second-order valence-corrected chi connectivity index (χ2v) is 6.60. The van der Waals surface area contributed by atoms with Gasteiger partial charge < -0.3 is 25.0 Å². The van der Waals surface area contributed by atoms with Gasteiger partial charge in [0, 0.05) is 38.6 Å². The van der Waals surface area contributed by atoms with Crippen molar-refractivity contribution >= 4 is 36.0 Å². The summed E-state index contributed by atoms with van der Waals surface area (Å²) in [4.78, 5) is 17.9. The molecule has 7 nitrogen and oxygen atoms in total. The van der Waals surface area contributed by atoms with Crippen molar-refractivity contribution in [3.63, 3.8) is 0 Å². The van der Waals surface area contributed by atoms with Gasteiger partial charge in [0.25, 0.3) is 0 Å². The van der Waals surface area contributed by atoms with Crippen LogP contribution in [0.25, 0.3) is 0 Å². The molecule has 158 valence electrons. The minimum atomic E-state index is -0.248. The van der Waals surface area contributed by atoms with Crippen molar-refractivity contribution in [1.82, 2.24) is 15.5 Å². The number of rotatable bonds is 7. The van der Waals surface area contributed by atoms with Crippen molar-refractivity contribution < 1.29 is 14.3 Å². The Hall–Kier alpha value is -1.71. The number of hydrogen-bond acceptors (Lipinski definition) is 4.